The van der Waals surface area contributed by atoms with Gasteiger partial charge in [0.1, 0.15) is 11.6 Å². The van der Waals surface area contributed by atoms with Crippen molar-refractivity contribution in [2.75, 3.05) is 19.7 Å². The Hall–Kier alpha value is -1.66. The van der Waals surface area contributed by atoms with Crippen molar-refractivity contribution < 1.29 is 24.1 Å². The molecule has 1 aliphatic rings. The number of benzene rings is 1. The molecule has 5 nitrogen and oxygen atoms in total. The fourth-order valence-corrected chi connectivity index (χ4v) is 2.50. The van der Waals surface area contributed by atoms with Crippen LogP contribution in [0.2, 0.25) is 0 Å². The quantitative estimate of drug-likeness (QED) is 0.857. The minimum atomic E-state index is -0.558. The zero-order valence-corrected chi connectivity index (χ0v) is 11.8. The van der Waals surface area contributed by atoms with Crippen LogP contribution in [0.15, 0.2) is 12.1 Å². The number of amides is 1. The lowest BCUT2D eigenvalue weighted by atomic mass is 10.1. The molecule has 116 valence electrons. The van der Waals surface area contributed by atoms with Crippen LogP contribution in [0, 0.1) is 5.82 Å². The number of hydrogen-bond donors (Lipinski definition) is 2. The fraction of sp³-hybridized carbons (Fsp3) is 0.533. The second-order valence-electron chi connectivity index (χ2n) is 5.10. The lowest BCUT2D eigenvalue weighted by molar-refractivity contribution is -0.134. The van der Waals surface area contributed by atoms with E-state index in [-0.39, 0.29) is 29.4 Å². The Bertz CT molecular complexity index is 475. The van der Waals surface area contributed by atoms with E-state index in [0.717, 1.165) is 44.5 Å². The molecule has 21 heavy (non-hydrogen) atoms. The molecule has 1 fully saturated rings. The lowest BCUT2D eigenvalue weighted by Gasteiger charge is -2.27. The first-order valence-corrected chi connectivity index (χ1v) is 7.09. The summed E-state index contributed by atoms with van der Waals surface area (Å²) >= 11 is 0. The molecule has 1 amide bonds. The molecular weight excluding hydrogens is 277 g/mol. The molecule has 0 aromatic heterocycles. The average Bonchev–Trinajstić information content (AvgIpc) is 2.53. The van der Waals surface area contributed by atoms with Gasteiger partial charge in [-0.25, -0.2) is 4.39 Å². The molecule has 2 N–H and O–H groups in total. The van der Waals surface area contributed by atoms with Gasteiger partial charge >= 0.3 is 0 Å². The summed E-state index contributed by atoms with van der Waals surface area (Å²) in [6.45, 7) is 0.443. The van der Waals surface area contributed by atoms with Crippen LogP contribution in [0.3, 0.4) is 0 Å². The van der Waals surface area contributed by atoms with Gasteiger partial charge in [-0.1, -0.05) is 0 Å². The van der Waals surface area contributed by atoms with Crippen LogP contribution >= 0.6 is 0 Å². The van der Waals surface area contributed by atoms with E-state index in [1.54, 1.807) is 4.90 Å². The molecule has 0 atom stereocenters. The maximum Gasteiger partial charge on any atom is 0.260 e. The zero-order chi connectivity index (χ0) is 15.2. The van der Waals surface area contributed by atoms with E-state index >= 15 is 0 Å². The van der Waals surface area contributed by atoms with Gasteiger partial charge in [-0.05, 0) is 31.4 Å². The Morgan fingerprint density at radius 3 is 2.24 bits per heavy atom. The second-order valence-corrected chi connectivity index (χ2v) is 5.10. The van der Waals surface area contributed by atoms with Crippen molar-refractivity contribution in [3.05, 3.63) is 29.1 Å². The van der Waals surface area contributed by atoms with E-state index in [0.29, 0.717) is 0 Å². The first kappa shape index (κ1) is 15.7. The Morgan fingerprint density at radius 2 is 1.71 bits per heavy atom. The van der Waals surface area contributed by atoms with Crippen molar-refractivity contribution in [3.63, 3.8) is 0 Å². The number of nitrogens with zero attached hydrogens (tertiary/aromatic N) is 1. The van der Waals surface area contributed by atoms with Crippen LogP contribution in [0.25, 0.3) is 0 Å². The lowest BCUT2D eigenvalue weighted by Crippen LogP contribution is -2.38. The number of rotatable bonds is 5. The molecule has 0 aliphatic carbocycles. The van der Waals surface area contributed by atoms with Gasteiger partial charge < -0.3 is 19.8 Å². The Labute approximate surface area is 122 Å². The molecule has 1 aromatic carbocycles. The molecule has 0 spiro atoms. The largest absolute Gasteiger partial charge is 0.483 e. The van der Waals surface area contributed by atoms with Crippen molar-refractivity contribution in [1.29, 1.82) is 0 Å². The Kier molecular flexibility index (Phi) is 5.52. The maximum atomic E-state index is 13.3. The number of hydrogen-bond acceptors (Lipinski definition) is 4. The summed E-state index contributed by atoms with van der Waals surface area (Å²) in [5.41, 5.74) is 0.455. The maximum absolute atomic E-state index is 13.3. The first-order valence-electron chi connectivity index (χ1n) is 7.09. The van der Waals surface area contributed by atoms with Crippen LogP contribution in [0.5, 0.6) is 5.75 Å². The van der Waals surface area contributed by atoms with Crippen molar-refractivity contribution in [1.82, 2.24) is 4.90 Å². The Balaban J connectivity index is 2.06. The molecule has 1 aliphatic heterocycles. The number of carbonyl (C=O) groups is 1. The normalized spacial score (nSPS) is 15.1. The van der Waals surface area contributed by atoms with Gasteiger partial charge in [-0.15, -0.1) is 0 Å². The summed E-state index contributed by atoms with van der Waals surface area (Å²) in [5.74, 6) is -0.503. The van der Waals surface area contributed by atoms with Crippen LogP contribution in [0.1, 0.15) is 30.4 Å². The number of piperidine rings is 1. The van der Waals surface area contributed by atoms with Gasteiger partial charge in [-0.2, -0.15) is 0 Å². The second kappa shape index (κ2) is 7.38. The standard InChI is InChI=1S/C15H20FNO4/c16-13-6-11(8-18)15(12(7-13)9-19)21-10-14(20)17-4-2-1-3-5-17/h6-7,18-19H,1-5,8-10H2. The molecule has 0 radical (unpaired) electrons. The molecule has 0 saturated carbocycles. The molecular formula is C15H20FNO4. The summed E-state index contributed by atoms with van der Waals surface area (Å²) < 4.78 is 18.8. The number of ether oxygens (including phenoxy) is 1. The highest BCUT2D eigenvalue weighted by molar-refractivity contribution is 5.78. The number of halogens is 1. The number of likely N-dealkylation sites (tertiary alicyclic amines) is 1. The highest BCUT2D eigenvalue weighted by Crippen LogP contribution is 2.26. The summed E-state index contributed by atoms with van der Waals surface area (Å²) in [4.78, 5) is 13.8. The average molecular weight is 297 g/mol. The van der Waals surface area contributed by atoms with Crippen molar-refractivity contribution >= 4 is 5.91 Å². The zero-order valence-electron chi connectivity index (χ0n) is 11.8. The number of carbonyl (C=O) groups excluding carboxylic acids is 1. The monoisotopic (exact) mass is 297 g/mol. The van der Waals surface area contributed by atoms with Crippen LogP contribution in [-0.4, -0.2) is 40.7 Å². The SMILES string of the molecule is O=C(COc1c(CO)cc(F)cc1CO)N1CCCCC1. The summed E-state index contributed by atoms with van der Waals surface area (Å²) in [6.07, 6.45) is 3.12. The number of aliphatic hydroxyl groups is 2. The van der Waals surface area contributed by atoms with Gasteiger partial charge in [0, 0.05) is 24.2 Å². The van der Waals surface area contributed by atoms with Crippen LogP contribution < -0.4 is 4.74 Å². The van der Waals surface area contributed by atoms with Gasteiger partial charge in [0.25, 0.3) is 5.91 Å². The fourth-order valence-electron chi connectivity index (χ4n) is 2.50. The van der Waals surface area contributed by atoms with E-state index in [1.807, 2.05) is 0 Å². The first-order chi connectivity index (χ1) is 10.2. The van der Waals surface area contributed by atoms with E-state index < -0.39 is 19.0 Å². The van der Waals surface area contributed by atoms with Gasteiger partial charge in [0.15, 0.2) is 6.61 Å². The third kappa shape index (κ3) is 3.92. The van der Waals surface area contributed by atoms with Crippen LogP contribution in [0.4, 0.5) is 4.39 Å². The Morgan fingerprint density at radius 1 is 1.14 bits per heavy atom. The summed E-state index contributed by atoms with van der Waals surface area (Å²) in [6, 6.07) is 2.28. The summed E-state index contributed by atoms with van der Waals surface area (Å²) in [7, 11) is 0. The molecule has 6 heteroatoms. The molecule has 1 saturated heterocycles. The molecule has 0 bridgehead atoms. The molecule has 0 unspecified atom stereocenters. The number of aliphatic hydroxyl groups excluding tert-OH is 2. The highest BCUT2D eigenvalue weighted by Gasteiger charge is 2.19. The molecule has 2 rings (SSSR count). The molecule has 1 aromatic rings. The highest BCUT2D eigenvalue weighted by atomic mass is 19.1. The van der Waals surface area contributed by atoms with Crippen LogP contribution in [-0.2, 0) is 18.0 Å². The van der Waals surface area contributed by atoms with Gasteiger partial charge in [0.2, 0.25) is 0 Å². The molecule has 1 heterocycles. The van der Waals surface area contributed by atoms with E-state index in [4.69, 9.17) is 4.74 Å². The smallest absolute Gasteiger partial charge is 0.260 e. The van der Waals surface area contributed by atoms with Gasteiger partial charge in [-0.3, -0.25) is 4.79 Å². The minimum absolute atomic E-state index is 0.133. The van der Waals surface area contributed by atoms with E-state index in [1.165, 1.54) is 0 Å². The van der Waals surface area contributed by atoms with E-state index in [9.17, 15) is 19.4 Å². The van der Waals surface area contributed by atoms with Crippen molar-refractivity contribution in [2.45, 2.75) is 32.5 Å². The summed E-state index contributed by atoms with van der Waals surface area (Å²) in [5, 5.41) is 18.5. The van der Waals surface area contributed by atoms with E-state index in [2.05, 4.69) is 0 Å². The minimum Gasteiger partial charge on any atom is -0.483 e. The van der Waals surface area contributed by atoms with Crippen molar-refractivity contribution in [3.8, 4) is 5.75 Å². The van der Waals surface area contributed by atoms with Crippen molar-refractivity contribution in [2.24, 2.45) is 0 Å². The third-order valence-corrected chi connectivity index (χ3v) is 3.60. The third-order valence-electron chi connectivity index (χ3n) is 3.60. The predicted molar refractivity (Wildman–Crippen MR) is 74.2 cm³/mol. The predicted octanol–water partition coefficient (Wildman–Crippen LogP) is 1.20. The van der Waals surface area contributed by atoms with Gasteiger partial charge in [0.05, 0.1) is 13.2 Å². The topological polar surface area (TPSA) is 70.0 Å².